The van der Waals surface area contributed by atoms with Gasteiger partial charge in [-0.15, -0.1) is 0 Å². The molecule has 0 saturated heterocycles. The molecule has 4 rings (SSSR count). The van der Waals surface area contributed by atoms with Gasteiger partial charge in [0.05, 0.1) is 17.2 Å². The van der Waals surface area contributed by atoms with Crippen molar-refractivity contribution in [1.29, 1.82) is 0 Å². The molecule has 0 spiro atoms. The molecule has 15 heteroatoms. The normalized spacial score (nSPS) is 12.5. The summed E-state index contributed by atoms with van der Waals surface area (Å²) < 4.78 is 88.3. The number of aliphatic hydroxyl groups is 1. The largest absolute Gasteiger partial charge is 0.490 e. The molecule has 2 aromatic carbocycles. The molecular formula is C22H15F7N4O4. The lowest BCUT2D eigenvalue weighted by molar-refractivity contribution is -0.192. The number of hydrogen-bond acceptors (Lipinski definition) is 7. The van der Waals surface area contributed by atoms with E-state index >= 15 is 0 Å². The van der Waals surface area contributed by atoms with Crippen LogP contribution >= 0.6 is 0 Å². The maximum atomic E-state index is 13.0. The Morgan fingerprint density at radius 2 is 1.65 bits per heavy atom. The SMILES string of the molecule is O=C(O)C(F)(F)F.O[C@@H](CNc1cc(-c2ccc3c(C(F)(F)F)noc3c2)ncn1)c1ccc(F)cc1. The number of anilines is 1. The van der Waals surface area contributed by atoms with Crippen LogP contribution in [0.15, 0.2) is 59.4 Å². The number of alkyl halides is 6. The number of benzene rings is 2. The summed E-state index contributed by atoms with van der Waals surface area (Å²) in [6.07, 6.45) is -9.30. The average Bonchev–Trinajstić information content (AvgIpc) is 3.27. The fourth-order valence-electron chi connectivity index (χ4n) is 2.92. The van der Waals surface area contributed by atoms with Crippen LogP contribution < -0.4 is 5.32 Å². The van der Waals surface area contributed by atoms with Crippen molar-refractivity contribution in [3.63, 3.8) is 0 Å². The maximum Gasteiger partial charge on any atom is 0.490 e. The van der Waals surface area contributed by atoms with Gasteiger partial charge in [-0.3, -0.25) is 0 Å². The molecule has 0 amide bonds. The van der Waals surface area contributed by atoms with Crippen molar-refractivity contribution in [1.82, 2.24) is 15.1 Å². The fourth-order valence-corrected chi connectivity index (χ4v) is 2.92. The van der Waals surface area contributed by atoms with Crippen LogP contribution in [0.4, 0.5) is 36.6 Å². The first-order valence-electron chi connectivity index (χ1n) is 10.0. The highest BCUT2D eigenvalue weighted by Crippen LogP contribution is 2.35. The summed E-state index contributed by atoms with van der Waals surface area (Å²) in [7, 11) is 0. The second-order valence-corrected chi connectivity index (χ2v) is 7.28. The van der Waals surface area contributed by atoms with Crippen LogP contribution in [-0.4, -0.2) is 44.0 Å². The van der Waals surface area contributed by atoms with Gasteiger partial charge >= 0.3 is 18.3 Å². The van der Waals surface area contributed by atoms with Gasteiger partial charge in [0, 0.05) is 18.2 Å². The Hall–Kier alpha value is -4.27. The van der Waals surface area contributed by atoms with Crippen molar-refractivity contribution in [2.24, 2.45) is 0 Å². The molecule has 0 aliphatic carbocycles. The zero-order valence-electron chi connectivity index (χ0n) is 18.2. The zero-order chi connectivity index (χ0) is 27.4. The number of carboxylic acids is 1. The standard InChI is InChI=1S/C20H14F4N4O2.C2HF3O2/c21-13-4-1-11(2-5-13)16(29)9-25-18-8-15(26-10-27-18)12-3-6-14-17(7-12)30-28-19(14)20(22,23)24;3-2(4,5)1(6)7/h1-8,10,16,29H,9H2,(H,25,26,27);(H,6,7)/t16-;/m0./s1. The first-order chi connectivity index (χ1) is 17.3. The first-order valence-corrected chi connectivity index (χ1v) is 10.0. The van der Waals surface area contributed by atoms with E-state index in [2.05, 4.69) is 20.4 Å². The monoisotopic (exact) mass is 532 g/mol. The molecule has 2 heterocycles. The van der Waals surface area contributed by atoms with Gasteiger partial charge in [0.2, 0.25) is 0 Å². The van der Waals surface area contributed by atoms with Gasteiger partial charge in [-0.25, -0.2) is 19.2 Å². The smallest absolute Gasteiger partial charge is 0.475 e. The summed E-state index contributed by atoms with van der Waals surface area (Å²) in [5, 5.41) is 23.2. The molecule has 0 bridgehead atoms. The van der Waals surface area contributed by atoms with Crippen molar-refractivity contribution in [3.05, 3.63) is 71.9 Å². The van der Waals surface area contributed by atoms with Crippen LogP contribution in [-0.2, 0) is 11.0 Å². The molecule has 0 unspecified atom stereocenters. The fraction of sp³-hybridized carbons (Fsp3) is 0.182. The number of carboxylic acid groups (broad SMARTS) is 1. The quantitative estimate of drug-likeness (QED) is 0.299. The number of nitrogens with zero attached hydrogens (tertiary/aromatic N) is 3. The number of fused-ring (bicyclic) bond motifs is 1. The van der Waals surface area contributed by atoms with Gasteiger partial charge in [-0.1, -0.05) is 23.4 Å². The Kier molecular flexibility index (Phi) is 7.96. The number of nitrogens with one attached hydrogen (secondary N) is 1. The van der Waals surface area contributed by atoms with Gasteiger partial charge in [-0.2, -0.15) is 26.3 Å². The molecule has 8 nitrogen and oxygen atoms in total. The second-order valence-electron chi connectivity index (χ2n) is 7.28. The molecule has 3 N–H and O–H groups in total. The number of carbonyl (C=O) groups is 1. The van der Waals surface area contributed by atoms with Crippen LogP contribution in [0.5, 0.6) is 0 Å². The summed E-state index contributed by atoms with van der Waals surface area (Å²) in [6.45, 7) is 0.109. The van der Waals surface area contributed by atoms with Gasteiger partial charge in [0.1, 0.15) is 18.0 Å². The van der Waals surface area contributed by atoms with Crippen molar-refractivity contribution >= 4 is 22.8 Å². The average molecular weight is 532 g/mol. The van der Waals surface area contributed by atoms with Crippen LogP contribution in [0.3, 0.4) is 0 Å². The molecule has 196 valence electrons. The molecule has 4 aromatic rings. The van der Waals surface area contributed by atoms with E-state index < -0.39 is 35.9 Å². The summed E-state index contributed by atoms with van der Waals surface area (Å²) in [5.74, 6) is -2.76. The van der Waals surface area contributed by atoms with Crippen molar-refractivity contribution in [2.45, 2.75) is 18.5 Å². The molecule has 2 aromatic heterocycles. The van der Waals surface area contributed by atoms with Crippen molar-refractivity contribution < 1.29 is 50.3 Å². The van der Waals surface area contributed by atoms with E-state index in [1.54, 1.807) is 6.07 Å². The Morgan fingerprint density at radius 3 is 2.24 bits per heavy atom. The summed E-state index contributed by atoms with van der Waals surface area (Å²) in [6, 6.07) is 11.2. The summed E-state index contributed by atoms with van der Waals surface area (Å²) in [5.41, 5.74) is 0.394. The number of rotatable bonds is 5. The molecule has 0 saturated carbocycles. The Morgan fingerprint density at radius 1 is 1.00 bits per heavy atom. The molecule has 0 aliphatic rings. The van der Waals surface area contributed by atoms with E-state index in [0.717, 1.165) is 0 Å². The molecule has 0 fully saturated rings. The molecule has 0 radical (unpaired) electrons. The minimum atomic E-state index is -5.08. The second kappa shape index (κ2) is 10.8. The highest BCUT2D eigenvalue weighted by molar-refractivity contribution is 5.84. The Labute approximate surface area is 202 Å². The van der Waals surface area contributed by atoms with Crippen LogP contribution in [0, 0.1) is 5.82 Å². The lowest BCUT2D eigenvalue weighted by Gasteiger charge is -2.13. The molecular weight excluding hydrogens is 517 g/mol. The minimum absolute atomic E-state index is 0.0142. The van der Waals surface area contributed by atoms with E-state index in [-0.39, 0.29) is 17.5 Å². The Balaban J connectivity index is 0.000000479. The van der Waals surface area contributed by atoms with E-state index in [1.807, 2.05) is 0 Å². The van der Waals surface area contributed by atoms with Gasteiger partial charge in [0.15, 0.2) is 11.3 Å². The highest BCUT2D eigenvalue weighted by atomic mass is 19.4. The number of aliphatic carboxylic acids is 1. The van der Waals surface area contributed by atoms with Crippen molar-refractivity contribution in [3.8, 4) is 11.3 Å². The third-order valence-electron chi connectivity index (χ3n) is 4.68. The number of aromatic nitrogens is 3. The number of aliphatic hydroxyl groups excluding tert-OH is 1. The van der Waals surface area contributed by atoms with Crippen LogP contribution in [0.2, 0.25) is 0 Å². The molecule has 37 heavy (non-hydrogen) atoms. The molecule has 1 atom stereocenters. The zero-order valence-corrected chi connectivity index (χ0v) is 18.2. The predicted octanol–water partition coefficient (Wildman–Crippen LogP) is 5.22. The predicted molar refractivity (Wildman–Crippen MR) is 114 cm³/mol. The molecule has 0 aliphatic heterocycles. The summed E-state index contributed by atoms with van der Waals surface area (Å²) in [4.78, 5) is 17.1. The maximum absolute atomic E-state index is 13.0. The third kappa shape index (κ3) is 7.13. The van der Waals surface area contributed by atoms with Gasteiger partial charge in [-0.05, 0) is 29.8 Å². The Bertz CT molecular complexity index is 1370. The lowest BCUT2D eigenvalue weighted by Crippen LogP contribution is -2.21. The highest BCUT2D eigenvalue weighted by Gasteiger charge is 2.38. The number of hydrogen-bond donors (Lipinski definition) is 3. The van der Waals surface area contributed by atoms with E-state index in [4.69, 9.17) is 14.4 Å². The van der Waals surface area contributed by atoms with E-state index in [9.17, 15) is 35.8 Å². The van der Waals surface area contributed by atoms with Gasteiger partial charge < -0.3 is 20.1 Å². The summed E-state index contributed by atoms with van der Waals surface area (Å²) >= 11 is 0. The minimum Gasteiger partial charge on any atom is -0.475 e. The topological polar surface area (TPSA) is 121 Å². The third-order valence-corrected chi connectivity index (χ3v) is 4.68. The van der Waals surface area contributed by atoms with E-state index in [1.165, 1.54) is 48.8 Å². The van der Waals surface area contributed by atoms with Crippen LogP contribution in [0.25, 0.3) is 22.2 Å². The first kappa shape index (κ1) is 27.3. The number of halogens is 7. The van der Waals surface area contributed by atoms with E-state index in [0.29, 0.717) is 22.6 Å². The lowest BCUT2D eigenvalue weighted by atomic mass is 10.1. The van der Waals surface area contributed by atoms with Crippen molar-refractivity contribution in [2.75, 3.05) is 11.9 Å². The van der Waals surface area contributed by atoms with Gasteiger partial charge in [0.25, 0.3) is 0 Å². The van der Waals surface area contributed by atoms with Crippen LogP contribution in [0.1, 0.15) is 17.4 Å².